The summed E-state index contributed by atoms with van der Waals surface area (Å²) in [5, 5.41) is 8.63. The lowest BCUT2D eigenvalue weighted by Crippen LogP contribution is -2.14. The Kier molecular flexibility index (Phi) is 3.44. The highest BCUT2D eigenvalue weighted by molar-refractivity contribution is 7.92. The van der Waals surface area contributed by atoms with E-state index < -0.39 is 16.0 Å². The minimum Gasteiger partial charge on any atom is -0.263 e. The van der Waals surface area contributed by atoms with E-state index in [2.05, 4.69) is 9.71 Å². The molecule has 0 amide bonds. The van der Waals surface area contributed by atoms with Crippen molar-refractivity contribution in [2.24, 2.45) is 0 Å². The lowest BCUT2D eigenvalue weighted by molar-refractivity contribution is 0.584. The van der Waals surface area contributed by atoms with Crippen molar-refractivity contribution in [2.45, 2.75) is 4.90 Å². The van der Waals surface area contributed by atoms with E-state index in [1.165, 1.54) is 36.4 Å². The molecular formula is C12H8FN3O2S. The van der Waals surface area contributed by atoms with Gasteiger partial charge in [0.25, 0.3) is 10.0 Å². The highest BCUT2D eigenvalue weighted by Crippen LogP contribution is 2.15. The van der Waals surface area contributed by atoms with Gasteiger partial charge in [-0.15, -0.1) is 0 Å². The molecule has 0 fully saturated rings. The number of anilines is 1. The summed E-state index contributed by atoms with van der Waals surface area (Å²) in [6.07, 6.45) is 0. The maximum atomic E-state index is 12.9. The van der Waals surface area contributed by atoms with Crippen LogP contribution in [0.2, 0.25) is 0 Å². The van der Waals surface area contributed by atoms with E-state index in [1.54, 1.807) is 0 Å². The van der Waals surface area contributed by atoms with Gasteiger partial charge in [-0.05, 0) is 36.4 Å². The van der Waals surface area contributed by atoms with Gasteiger partial charge in [-0.3, -0.25) is 4.72 Å². The number of benzene rings is 1. The third kappa shape index (κ3) is 3.05. The normalized spacial score (nSPS) is 10.7. The SMILES string of the molecule is N#Cc1ccc(S(=O)(=O)Nc2cccc(F)n2)cc1. The molecule has 0 atom stereocenters. The molecule has 5 nitrogen and oxygen atoms in total. The smallest absolute Gasteiger partial charge is 0.263 e. The molecule has 0 aliphatic carbocycles. The molecule has 1 aromatic heterocycles. The average Bonchev–Trinajstić information content (AvgIpc) is 2.38. The second-order valence-electron chi connectivity index (χ2n) is 3.59. The average molecular weight is 277 g/mol. The van der Waals surface area contributed by atoms with Crippen molar-refractivity contribution >= 4 is 15.8 Å². The largest absolute Gasteiger partial charge is 0.263 e. The lowest BCUT2D eigenvalue weighted by atomic mass is 10.2. The van der Waals surface area contributed by atoms with Crippen LogP contribution in [-0.4, -0.2) is 13.4 Å². The number of rotatable bonds is 3. The van der Waals surface area contributed by atoms with Crippen LogP contribution in [0.1, 0.15) is 5.56 Å². The minimum atomic E-state index is -3.84. The lowest BCUT2D eigenvalue weighted by Gasteiger charge is -2.07. The van der Waals surface area contributed by atoms with Gasteiger partial charge in [-0.25, -0.2) is 13.4 Å². The van der Waals surface area contributed by atoms with E-state index in [9.17, 15) is 12.8 Å². The molecule has 0 unspecified atom stereocenters. The van der Waals surface area contributed by atoms with Gasteiger partial charge in [-0.1, -0.05) is 6.07 Å². The molecular weight excluding hydrogens is 269 g/mol. The van der Waals surface area contributed by atoms with Gasteiger partial charge >= 0.3 is 0 Å². The second-order valence-corrected chi connectivity index (χ2v) is 5.27. The van der Waals surface area contributed by atoms with Crippen LogP contribution >= 0.6 is 0 Å². The van der Waals surface area contributed by atoms with Crippen molar-refractivity contribution in [3.8, 4) is 6.07 Å². The Hall–Kier alpha value is -2.46. The van der Waals surface area contributed by atoms with Crippen LogP contribution in [0.4, 0.5) is 10.2 Å². The molecule has 2 aromatic rings. The number of pyridine rings is 1. The standard InChI is InChI=1S/C12H8FN3O2S/c13-11-2-1-3-12(15-11)16-19(17,18)10-6-4-9(8-14)5-7-10/h1-7H,(H,15,16). The summed E-state index contributed by atoms with van der Waals surface area (Å²) in [6, 6.07) is 11.0. The summed E-state index contributed by atoms with van der Waals surface area (Å²) < 4.78 is 38.9. The molecule has 2 rings (SSSR count). The number of nitriles is 1. The quantitative estimate of drug-likeness (QED) is 0.868. The predicted octanol–water partition coefficient (Wildman–Crippen LogP) is 1.89. The molecule has 7 heteroatoms. The van der Waals surface area contributed by atoms with Crippen molar-refractivity contribution in [1.82, 2.24) is 4.98 Å². The molecule has 0 saturated carbocycles. The van der Waals surface area contributed by atoms with Crippen LogP contribution in [0.3, 0.4) is 0 Å². The molecule has 0 radical (unpaired) electrons. The third-order valence-electron chi connectivity index (χ3n) is 2.25. The van der Waals surface area contributed by atoms with Crippen molar-refractivity contribution in [1.29, 1.82) is 5.26 Å². The summed E-state index contributed by atoms with van der Waals surface area (Å²) in [6.45, 7) is 0. The molecule has 1 heterocycles. The number of hydrogen-bond acceptors (Lipinski definition) is 4. The Morgan fingerprint density at radius 2 is 1.84 bits per heavy atom. The van der Waals surface area contributed by atoms with Gasteiger partial charge in [0.05, 0.1) is 16.5 Å². The van der Waals surface area contributed by atoms with Crippen LogP contribution in [0.5, 0.6) is 0 Å². The molecule has 0 saturated heterocycles. The number of nitrogens with zero attached hydrogens (tertiary/aromatic N) is 2. The van der Waals surface area contributed by atoms with Crippen molar-refractivity contribution in [2.75, 3.05) is 4.72 Å². The first-order valence-electron chi connectivity index (χ1n) is 5.17. The fraction of sp³-hybridized carbons (Fsp3) is 0. The number of halogens is 1. The molecule has 1 aromatic carbocycles. The van der Waals surface area contributed by atoms with E-state index in [0.717, 1.165) is 6.07 Å². The van der Waals surface area contributed by atoms with Gasteiger partial charge in [-0.2, -0.15) is 9.65 Å². The van der Waals surface area contributed by atoms with Crippen LogP contribution in [-0.2, 0) is 10.0 Å². The highest BCUT2D eigenvalue weighted by atomic mass is 32.2. The molecule has 19 heavy (non-hydrogen) atoms. The molecule has 1 N–H and O–H groups in total. The Bertz CT molecular complexity index is 736. The molecule has 0 spiro atoms. The van der Waals surface area contributed by atoms with E-state index >= 15 is 0 Å². The number of sulfonamides is 1. The fourth-order valence-electron chi connectivity index (χ4n) is 1.37. The van der Waals surface area contributed by atoms with Gasteiger partial charge in [0, 0.05) is 0 Å². The van der Waals surface area contributed by atoms with Crippen LogP contribution < -0.4 is 4.72 Å². The summed E-state index contributed by atoms with van der Waals surface area (Å²) in [5.74, 6) is -0.885. The zero-order valence-electron chi connectivity index (χ0n) is 9.54. The first-order valence-corrected chi connectivity index (χ1v) is 6.65. The topological polar surface area (TPSA) is 82.8 Å². The highest BCUT2D eigenvalue weighted by Gasteiger charge is 2.14. The van der Waals surface area contributed by atoms with E-state index in [-0.39, 0.29) is 10.7 Å². The monoisotopic (exact) mass is 277 g/mol. The van der Waals surface area contributed by atoms with Crippen LogP contribution in [0, 0.1) is 17.3 Å². The van der Waals surface area contributed by atoms with E-state index in [4.69, 9.17) is 5.26 Å². The minimum absolute atomic E-state index is 0.0300. The van der Waals surface area contributed by atoms with Crippen LogP contribution in [0.25, 0.3) is 0 Å². The van der Waals surface area contributed by atoms with Crippen molar-refractivity contribution < 1.29 is 12.8 Å². The Morgan fingerprint density at radius 3 is 2.42 bits per heavy atom. The summed E-state index contributed by atoms with van der Waals surface area (Å²) >= 11 is 0. The zero-order valence-corrected chi connectivity index (χ0v) is 10.4. The van der Waals surface area contributed by atoms with Gasteiger partial charge in [0.2, 0.25) is 5.95 Å². The van der Waals surface area contributed by atoms with Crippen molar-refractivity contribution in [3.05, 3.63) is 54.0 Å². The Morgan fingerprint density at radius 1 is 1.16 bits per heavy atom. The number of nitrogens with one attached hydrogen (secondary N) is 1. The van der Waals surface area contributed by atoms with Crippen molar-refractivity contribution in [3.63, 3.8) is 0 Å². The Labute approximate surface area is 109 Å². The number of hydrogen-bond donors (Lipinski definition) is 1. The maximum Gasteiger partial charge on any atom is 0.263 e. The molecule has 96 valence electrons. The first-order chi connectivity index (χ1) is 9.01. The summed E-state index contributed by atoms with van der Waals surface area (Å²) in [4.78, 5) is 3.38. The van der Waals surface area contributed by atoms with Crippen LogP contribution in [0.15, 0.2) is 47.4 Å². The summed E-state index contributed by atoms with van der Waals surface area (Å²) in [7, 11) is -3.84. The molecule has 0 aliphatic heterocycles. The maximum absolute atomic E-state index is 12.9. The number of aromatic nitrogens is 1. The third-order valence-corrected chi connectivity index (χ3v) is 3.62. The molecule has 0 bridgehead atoms. The molecule has 0 aliphatic rings. The van der Waals surface area contributed by atoms with Gasteiger partial charge < -0.3 is 0 Å². The summed E-state index contributed by atoms with van der Waals surface area (Å²) in [5.41, 5.74) is 0.350. The van der Waals surface area contributed by atoms with Gasteiger partial charge in [0.1, 0.15) is 5.82 Å². The first kappa shape index (κ1) is 13.0. The Balaban J connectivity index is 2.30. The zero-order chi connectivity index (χ0) is 13.9. The van der Waals surface area contributed by atoms with E-state index in [1.807, 2.05) is 6.07 Å². The fourth-order valence-corrected chi connectivity index (χ4v) is 2.37. The predicted molar refractivity (Wildman–Crippen MR) is 66.2 cm³/mol. The van der Waals surface area contributed by atoms with E-state index in [0.29, 0.717) is 5.56 Å². The van der Waals surface area contributed by atoms with Gasteiger partial charge in [0.15, 0.2) is 0 Å². The second kappa shape index (κ2) is 5.04.